The predicted octanol–water partition coefficient (Wildman–Crippen LogP) is 3.53. The number of thiazole rings is 1. The van der Waals surface area contributed by atoms with Crippen molar-refractivity contribution in [1.82, 2.24) is 15.0 Å². The van der Waals surface area contributed by atoms with Gasteiger partial charge < -0.3 is 15.4 Å². The van der Waals surface area contributed by atoms with Gasteiger partial charge in [-0.15, -0.1) is 0 Å². The predicted molar refractivity (Wildman–Crippen MR) is 121 cm³/mol. The third-order valence-electron chi connectivity index (χ3n) is 3.65. The maximum atomic E-state index is 12.7. The number of anilines is 1. The summed E-state index contributed by atoms with van der Waals surface area (Å²) < 4.78 is 33.0. The number of sulfonamides is 1. The average Bonchev–Trinajstić information content (AvgIpc) is 2.97. The molecule has 3 N–H and O–H groups in total. The number of nitrogens with one attached hydrogen (secondary N) is 3. The van der Waals surface area contributed by atoms with E-state index in [0.717, 1.165) is 0 Å². The van der Waals surface area contributed by atoms with Crippen molar-refractivity contribution in [1.29, 1.82) is 0 Å². The number of aryl methyl sites for hydroxylation is 1. The van der Waals surface area contributed by atoms with Crippen molar-refractivity contribution in [3.8, 4) is 10.4 Å². The quantitative estimate of drug-likeness (QED) is 0.512. The Morgan fingerprint density at radius 2 is 1.90 bits per heavy atom. The zero-order valence-electron chi connectivity index (χ0n) is 17.8. The standard InChI is InChI=1S/C19H25ClN4O5S2/c1-11-16(30-17(23-11)24-12(2)25)13-6-7-14(20)15(10-13)31(27,28)22-9-8-21-18(26)29-19(3,4)5/h6-7,10,22H,8-9H2,1-5H3,(H,21,26)(H,23,24,25). The first-order valence-corrected chi connectivity index (χ1v) is 12.0. The van der Waals surface area contributed by atoms with E-state index in [9.17, 15) is 18.0 Å². The zero-order chi connectivity index (χ0) is 23.4. The minimum Gasteiger partial charge on any atom is -0.444 e. The molecule has 0 atom stereocenters. The van der Waals surface area contributed by atoms with Crippen molar-refractivity contribution >= 4 is 50.1 Å². The summed E-state index contributed by atoms with van der Waals surface area (Å²) in [7, 11) is -3.94. The monoisotopic (exact) mass is 488 g/mol. The maximum absolute atomic E-state index is 12.7. The highest BCUT2D eigenvalue weighted by Crippen LogP contribution is 2.35. The molecule has 0 radical (unpaired) electrons. The van der Waals surface area contributed by atoms with Gasteiger partial charge in [-0.3, -0.25) is 4.79 Å². The molecule has 12 heteroatoms. The third-order valence-corrected chi connectivity index (χ3v) is 6.71. The van der Waals surface area contributed by atoms with Crippen LogP contribution in [0.2, 0.25) is 5.02 Å². The molecule has 1 heterocycles. The lowest BCUT2D eigenvalue weighted by Gasteiger charge is -2.19. The highest BCUT2D eigenvalue weighted by Gasteiger charge is 2.21. The summed E-state index contributed by atoms with van der Waals surface area (Å²) in [6.07, 6.45) is -0.637. The molecular formula is C19H25ClN4O5S2. The van der Waals surface area contributed by atoms with Gasteiger partial charge in [-0.05, 0) is 45.4 Å². The van der Waals surface area contributed by atoms with Gasteiger partial charge >= 0.3 is 6.09 Å². The van der Waals surface area contributed by atoms with Gasteiger partial charge in [-0.2, -0.15) is 0 Å². The Kier molecular flexibility index (Phi) is 8.04. The summed E-state index contributed by atoms with van der Waals surface area (Å²) in [4.78, 5) is 27.8. The molecule has 9 nitrogen and oxygen atoms in total. The Morgan fingerprint density at radius 1 is 1.23 bits per heavy atom. The molecule has 0 saturated heterocycles. The first kappa shape index (κ1) is 25.1. The van der Waals surface area contributed by atoms with Gasteiger partial charge in [-0.25, -0.2) is 22.9 Å². The van der Waals surface area contributed by atoms with Gasteiger partial charge in [0.25, 0.3) is 0 Å². The molecule has 0 saturated carbocycles. The van der Waals surface area contributed by atoms with Gasteiger partial charge in [0.1, 0.15) is 10.5 Å². The van der Waals surface area contributed by atoms with E-state index in [1.807, 2.05) is 0 Å². The second-order valence-corrected chi connectivity index (χ2v) is 10.7. The SMILES string of the molecule is CC(=O)Nc1nc(C)c(-c2ccc(Cl)c(S(=O)(=O)NCCNC(=O)OC(C)(C)C)c2)s1. The van der Waals surface area contributed by atoms with Crippen molar-refractivity contribution in [3.63, 3.8) is 0 Å². The van der Waals surface area contributed by atoms with Crippen LogP contribution in [0.15, 0.2) is 23.1 Å². The number of hydrogen-bond acceptors (Lipinski definition) is 7. The Bertz CT molecular complexity index is 1080. The van der Waals surface area contributed by atoms with Crippen molar-refractivity contribution < 1.29 is 22.7 Å². The second kappa shape index (κ2) is 9.94. The summed E-state index contributed by atoms with van der Waals surface area (Å²) in [5, 5.41) is 5.57. The molecule has 0 bridgehead atoms. The van der Waals surface area contributed by atoms with Crippen LogP contribution < -0.4 is 15.4 Å². The molecule has 0 aliphatic carbocycles. The molecular weight excluding hydrogens is 464 g/mol. The third kappa shape index (κ3) is 7.46. The van der Waals surface area contributed by atoms with Crippen molar-refractivity contribution in [2.45, 2.75) is 45.1 Å². The summed E-state index contributed by atoms with van der Waals surface area (Å²) >= 11 is 7.37. The summed E-state index contributed by atoms with van der Waals surface area (Å²) in [5.74, 6) is -0.246. The van der Waals surface area contributed by atoms with Crippen LogP contribution in [0.5, 0.6) is 0 Å². The van der Waals surface area contributed by atoms with E-state index in [2.05, 4.69) is 20.3 Å². The van der Waals surface area contributed by atoms with Crippen molar-refractivity contribution in [2.24, 2.45) is 0 Å². The molecule has 2 amide bonds. The largest absolute Gasteiger partial charge is 0.444 e. The first-order chi connectivity index (χ1) is 14.3. The van der Waals surface area contributed by atoms with Crippen molar-refractivity contribution in [3.05, 3.63) is 28.9 Å². The van der Waals surface area contributed by atoms with Gasteiger partial charge in [0, 0.05) is 20.0 Å². The molecule has 0 unspecified atom stereocenters. The molecule has 1 aromatic heterocycles. The number of alkyl carbamates (subject to hydrolysis) is 1. The van der Waals surface area contributed by atoms with Crippen LogP contribution >= 0.6 is 22.9 Å². The molecule has 2 rings (SSSR count). The summed E-state index contributed by atoms with van der Waals surface area (Å²) in [6, 6.07) is 4.62. The Balaban J connectivity index is 2.13. The number of carbonyl (C=O) groups is 2. The van der Waals surface area contributed by atoms with Gasteiger partial charge in [0.15, 0.2) is 5.13 Å². The van der Waals surface area contributed by atoms with Gasteiger partial charge in [0.05, 0.1) is 15.6 Å². The number of amides is 2. The normalized spacial score (nSPS) is 11.8. The number of rotatable bonds is 7. The number of carbonyl (C=O) groups excluding carboxylic acids is 2. The van der Waals surface area contributed by atoms with E-state index in [-0.39, 0.29) is 28.9 Å². The fourth-order valence-corrected chi connectivity index (χ4v) is 5.03. The molecule has 170 valence electrons. The van der Waals surface area contributed by atoms with Crippen LogP contribution in [-0.2, 0) is 19.6 Å². The Hall–Kier alpha value is -2.21. The Morgan fingerprint density at radius 3 is 2.52 bits per heavy atom. The lowest BCUT2D eigenvalue weighted by molar-refractivity contribution is -0.114. The van der Waals surface area contributed by atoms with Crippen LogP contribution in [-0.4, -0.2) is 44.1 Å². The summed E-state index contributed by atoms with van der Waals surface area (Å²) in [6.45, 7) is 8.33. The zero-order valence-corrected chi connectivity index (χ0v) is 20.2. The number of aromatic nitrogens is 1. The number of hydrogen-bond donors (Lipinski definition) is 3. The van der Waals surface area contributed by atoms with Gasteiger partial charge in [-0.1, -0.05) is 29.0 Å². The summed E-state index contributed by atoms with van der Waals surface area (Å²) in [5.41, 5.74) is 0.601. The van der Waals surface area contributed by atoms with Crippen LogP contribution in [0.25, 0.3) is 10.4 Å². The molecule has 0 aliphatic heterocycles. The fourth-order valence-electron chi connectivity index (χ4n) is 2.46. The first-order valence-electron chi connectivity index (χ1n) is 9.30. The van der Waals surface area contributed by atoms with E-state index in [0.29, 0.717) is 21.3 Å². The molecule has 1 aromatic carbocycles. The second-order valence-electron chi connectivity index (χ2n) is 7.59. The van der Waals surface area contributed by atoms with Gasteiger partial charge in [0.2, 0.25) is 15.9 Å². The maximum Gasteiger partial charge on any atom is 0.407 e. The number of halogens is 1. The molecule has 0 spiro atoms. The van der Waals surface area contributed by atoms with E-state index in [1.54, 1.807) is 33.8 Å². The van der Waals surface area contributed by atoms with Crippen LogP contribution in [0.1, 0.15) is 33.4 Å². The average molecular weight is 489 g/mol. The van der Waals surface area contributed by atoms with Crippen molar-refractivity contribution in [2.75, 3.05) is 18.4 Å². The van der Waals surface area contributed by atoms with E-state index < -0.39 is 21.7 Å². The smallest absolute Gasteiger partial charge is 0.407 e. The number of ether oxygens (including phenoxy) is 1. The van der Waals surface area contributed by atoms with Crippen LogP contribution in [0.3, 0.4) is 0 Å². The lowest BCUT2D eigenvalue weighted by Crippen LogP contribution is -2.37. The topological polar surface area (TPSA) is 126 Å². The molecule has 0 aliphatic rings. The van der Waals surface area contributed by atoms with Crippen LogP contribution in [0.4, 0.5) is 9.93 Å². The molecule has 2 aromatic rings. The van der Waals surface area contributed by atoms with E-state index in [1.165, 1.54) is 30.4 Å². The fraction of sp³-hybridized carbons (Fsp3) is 0.421. The van der Waals surface area contributed by atoms with Crippen LogP contribution in [0, 0.1) is 6.92 Å². The van der Waals surface area contributed by atoms with E-state index in [4.69, 9.17) is 16.3 Å². The minimum absolute atomic E-state index is 0.0412. The Labute approximate surface area is 190 Å². The number of nitrogens with zero attached hydrogens (tertiary/aromatic N) is 1. The minimum atomic E-state index is -3.94. The molecule has 31 heavy (non-hydrogen) atoms. The lowest BCUT2D eigenvalue weighted by atomic mass is 10.2. The van der Waals surface area contributed by atoms with E-state index >= 15 is 0 Å². The highest BCUT2D eigenvalue weighted by atomic mass is 35.5. The number of benzene rings is 1. The highest BCUT2D eigenvalue weighted by molar-refractivity contribution is 7.89. The molecule has 0 fully saturated rings.